The van der Waals surface area contributed by atoms with Gasteiger partial charge in [-0.3, -0.25) is 4.79 Å². The molecule has 4 nitrogen and oxygen atoms in total. The second-order valence-electron chi connectivity index (χ2n) is 3.45. The lowest BCUT2D eigenvalue weighted by molar-refractivity contribution is -0.117. The van der Waals surface area contributed by atoms with Crippen molar-refractivity contribution in [3.63, 3.8) is 0 Å². The second kappa shape index (κ2) is 5.11. The second-order valence-corrected chi connectivity index (χ2v) is 3.45. The maximum Gasteiger partial charge on any atom is 0.335 e. The van der Waals surface area contributed by atoms with Crippen LogP contribution in [0, 0.1) is 6.92 Å². The molecule has 0 saturated carbocycles. The molecule has 0 atom stereocenters. The number of rotatable bonds is 4. The average Bonchev–Trinajstić information content (AvgIpc) is 2.16. The Morgan fingerprint density at radius 1 is 1.44 bits per heavy atom. The van der Waals surface area contributed by atoms with E-state index in [9.17, 15) is 9.59 Å². The highest BCUT2D eigenvalue weighted by Crippen LogP contribution is 2.12. The molecule has 0 aliphatic heterocycles. The van der Waals surface area contributed by atoms with Crippen LogP contribution >= 0.6 is 0 Å². The number of carbonyl (C=O) groups excluding carboxylic acids is 1. The molecule has 1 aromatic rings. The Morgan fingerprint density at radius 3 is 2.62 bits per heavy atom. The molecule has 1 aromatic carbocycles. The molecule has 0 heterocycles. The largest absolute Gasteiger partial charge is 0.478 e. The molecule has 0 aliphatic carbocycles. The molecule has 0 unspecified atom stereocenters. The third-order valence-corrected chi connectivity index (χ3v) is 2.11. The van der Waals surface area contributed by atoms with Crippen molar-refractivity contribution in [3.05, 3.63) is 41.0 Å². The van der Waals surface area contributed by atoms with Gasteiger partial charge in [0.1, 0.15) is 0 Å². The van der Waals surface area contributed by atoms with Crippen LogP contribution in [-0.2, 0) is 4.79 Å². The van der Waals surface area contributed by atoms with E-state index in [4.69, 9.17) is 10.8 Å². The van der Waals surface area contributed by atoms with Gasteiger partial charge in [-0.25, -0.2) is 4.79 Å². The molecule has 0 spiro atoms. The van der Waals surface area contributed by atoms with Gasteiger partial charge >= 0.3 is 5.97 Å². The number of hydrogen-bond acceptors (Lipinski definition) is 2. The number of benzene rings is 1. The van der Waals surface area contributed by atoms with Crippen molar-refractivity contribution >= 4 is 18.0 Å². The van der Waals surface area contributed by atoms with Crippen LogP contribution in [-0.4, -0.2) is 17.0 Å². The minimum absolute atomic E-state index is 0.180. The summed E-state index contributed by atoms with van der Waals surface area (Å²) in [6.07, 6.45) is 3.57. The third-order valence-electron chi connectivity index (χ3n) is 2.11. The Bertz CT molecular complexity index is 450. The minimum atomic E-state index is -0.940. The standard InChI is InChI=1S/C12H13NO3/c1-8-7-9(3-2-4-11(13)14)5-6-10(8)12(15)16/h2-3,5-7H,4H2,1H3,(H2,13,14)(H,15,16). The predicted octanol–water partition coefficient (Wildman–Crippen LogP) is 1.58. The average molecular weight is 219 g/mol. The first-order valence-electron chi connectivity index (χ1n) is 4.79. The lowest BCUT2D eigenvalue weighted by Crippen LogP contribution is -2.07. The molecule has 4 heteroatoms. The fourth-order valence-electron chi connectivity index (χ4n) is 1.34. The summed E-state index contributed by atoms with van der Waals surface area (Å²) < 4.78 is 0. The molecule has 84 valence electrons. The van der Waals surface area contributed by atoms with Crippen molar-refractivity contribution in [1.29, 1.82) is 0 Å². The summed E-state index contributed by atoms with van der Waals surface area (Å²) in [6, 6.07) is 4.98. The number of carbonyl (C=O) groups is 2. The Kier molecular flexibility index (Phi) is 3.83. The summed E-state index contributed by atoms with van der Waals surface area (Å²) in [6.45, 7) is 1.73. The van der Waals surface area contributed by atoms with E-state index in [-0.39, 0.29) is 12.0 Å². The van der Waals surface area contributed by atoms with Crippen molar-refractivity contribution in [2.75, 3.05) is 0 Å². The van der Waals surface area contributed by atoms with Crippen LogP contribution < -0.4 is 5.73 Å². The van der Waals surface area contributed by atoms with E-state index in [0.717, 1.165) is 5.56 Å². The van der Waals surface area contributed by atoms with Crippen molar-refractivity contribution in [1.82, 2.24) is 0 Å². The van der Waals surface area contributed by atoms with Gasteiger partial charge in [-0.2, -0.15) is 0 Å². The molecule has 0 saturated heterocycles. The van der Waals surface area contributed by atoms with E-state index in [2.05, 4.69) is 0 Å². The SMILES string of the molecule is Cc1cc(C=CCC(N)=O)ccc1C(=O)O. The lowest BCUT2D eigenvalue weighted by atomic mass is 10.0. The molecule has 1 amide bonds. The first-order chi connectivity index (χ1) is 7.50. The number of aromatic carboxylic acids is 1. The highest BCUT2D eigenvalue weighted by molar-refractivity contribution is 5.89. The Labute approximate surface area is 93.4 Å². The van der Waals surface area contributed by atoms with E-state index in [1.807, 2.05) is 0 Å². The van der Waals surface area contributed by atoms with Crippen LogP contribution in [0.2, 0.25) is 0 Å². The summed E-state index contributed by atoms with van der Waals surface area (Å²) in [5, 5.41) is 8.83. The summed E-state index contributed by atoms with van der Waals surface area (Å²) >= 11 is 0. The predicted molar refractivity (Wildman–Crippen MR) is 61.0 cm³/mol. The zero-order chi connectivity index (χ0) is 12.1. The van der Waals surface area contributed by atoms with Gasteiger partial charge in [0, 0.05) is 6.42 Å². The summed E-state index contributed by atoms with van der Waals surface area (Å²) in [4.78, 5) is 21.3. The maximum atomic E-state index is 10.8. The van der Waals surface area contributed by atoms with E-state index in [1.54, 1.807) is 37.3 Å². The van der Waals surface area contributed by atoms with Crippen molar-refractivity contribution in [3.8, 4) is 0 Å². The van der Waals surface area contributed by atoms with Crippen LogP contribution in [0.5, 0.6) is 0 Å². The van der Waals surface area contributed by atoms with Crippen LogP contribution in [0.4, 0.5) is 0 Å². The van der Waals surface area contributed by atoms with Crippen LogP contribution in [0.3, 0.4) is 0 Å². The van der Waals surface area contributed by atoms with Gasteiger partial charge in [-0.1, -0.05) is 24.3 Å². The van der Waals surface area contributed by atoms with Gasteiger partial charge < -0.3 is 10.8 Å². The number of carboxylic acid groups (broad SMARTS) is 1. The van der Waals surface area contributed by atoms with Crippen LogP contribution in [0.1, 0.15) is 27.9 Å². The van der Waals surface area contributed by atoms with E-state index < -0.39 is 11.9 Å². The molecule has 16 heavy (non-hydrogen) atoms. The van der Waals surface area contributed by atoms with Gasteiger partial charge in [-0.15, -0.1) is 0 Å². The topological polar surface area (TPSA) is 80.4 Å². The Morgan fingerprint density at radius 2 is 2.12 bits per heavy atom. The summed E-state index contributed by atoms with van der Waals surface area (Å²) in [5.41, 5.74) is 6.81. The fourth-order valence-corrected chi connectivity index (χ4v) is 1.34. The lowest BCUT2D eigenvalue weighted by Gasteiger charge is -2.01. The summed E-state index contributed by atoms with van der Waals surface area (Å²) in [7, 11) is 0. The van der Waals surface area contributed by atoms with Crippen molar-refractivity contribution in [2.24, 2.45) is 5.73 Å². The molecule has 3 N–H and O–H groups in total. The molecule has 0 radical (unpaired) electrons. The fraction of sp³-hybridized carbons (Fsp3) is 0.167. The number of nitrogens with two attached hydrogens (primary N) is 1. The molecule has 0 bridgehead atoms. The first kappa shape index (κ1) is 12.0. The monoisotopic (exact) mass is 219 g/mol. The van der Waals surface area contributed by atoms with Crippen LogP contribution in [0.25, 0.3) is 6.08 Å². The van der Waals surface area contributed by atoms with Gasteiger partial charge in [0.25, 0.3) is 0 Å². The minimum Gasteiger partial charge on any atom is -0.478 e. The highest BCUT2D eigenvalue weighted by Gasteiger charge is 2.05. The molecular formula is C12H13NO3. The van der Waals surface area contributed by atoms with Gasteiger partial charge in [-0.05, 0) is 24.1 Å². The van der Waals surface area contributed by atoms with Gasteiger partial charge in [0.05, 0.1) is 5.56 Å². The first-order valence-corrected chi connectivity index (χ1v) is 4.79. The smallest absolute Gasteiger partial charge is 0.335 e. The number of hydrogen-bond donors (Lipinski definition) is 2. The zero-order valence-electron chi connectivity index (χ0n) is 8.93. The van der Waals surface area contributed by atoms with E-state index in [1.165, 1.54) is 0 Å². The van der Waals surface area contributed by atoms with Crippen LogP contribution in [0.15, 0.2) is 24.3 Å². The Balaban J connectivity index is 2.85. The van der Waals surface area contributed by atoms with E-state index >= 15 is 0 Å². The molecule has 0 aliphatic rings. The normalized spacial score (nSPS) is 10.6. The van der Waals surface area contributed by atoms with Gasteiger partial charge in [0.15, 0.2) is 0 Å². The third kappa shape index (κ3) is 3.24. The Hall–Kier alpha value is -2.10. The molecule has 1 rings (SSSR count). The van der Waals surface area contributed by atoms with E-state index in [0.29, 0.717) is 5.56 Å². The summed E-state index contributed by atoms with van der Waals surface area (Å²) in [5.74, 6) is -1.33. The molecule has 0 aromatic heterocycles. The van der Waals surface area contributed by atoms with Crippen molar-refractivity contribution < 1.29 is 14.7 Å². The van der Waals surface area contributed by atoms with Gasteiger partial charge in [0.2, 0.25) is 5.91 Å². The number of amides is 1. The number of aryl methyl sites for hydroxylation is 1. The number of carboxylic acids is 1. The van der Waals surface area contributed by atoms with Crippen molar-refractivity contribution in [2.45, 2.75) is 13.3 Å². The quantitative estimate of drug-likeness (QED) is 0.806. The highest BCUT2D eigenvalue weighted by atomic mass is 16.4. The molecule has 0 fully saturated rings. The maximum absolute atomic E-state index is 10.8. The number of primary amides is 1. The molecular weight excluding hydrogens is 206 g/mol. The zero-order valence-corrected chi connectivity index (χ0v) is 8.93.